The second-order valence-electron chi connectivity index (χ2n) is 8.63. The lowest BCUT2D eigenvalue weighted by Gasteiger charge is -2.29. The number of carbonyl (C=O) groups is 1. The molecular weight excluding hydrogens is 398 g/mol. The molecule has 4 rings (SSSR count). The van der Waals surface area contributed by atoms with Crippen LogP contribution in [0.25, 0.3) is 33.1 Å². The lowest BCUT2D eigenvalue weighted by Crippen LogP contribution is -2.30. The summed E-state index contributed by atoms with van der Waals surface area (Å²) in [4.78, 5) is 15.4. The third kappa shape index (κ3) is 3.59. The van der Waals surface area contributed by atoms with Gasteiger partial charge in [-0.2, -0.15) is 0 Å². The summed E-state index contributed by atoms with van der Waals surface area (Å²) in [6, 6.07) is 13.5. The molecule has 0 radical (unpaired) electrons. The fourth-order valence-electron chi connectivity index (χ4n) is 3.42. The molecule has 0 fully saturated rings. The number of halogens is 1. The Kier molecular flexibility index (Phi) is 4.90. The molecule has 4 aromatic rings. The van der Waals surface area contributed by atoms with Crippen LogP contribution in [0.3, 0.4) is 0 Å². The monoisotopic (exact) mass is 421 g/mol. The largest absolute Gasteiger partial charge is 0.381 e. The molecule has 6 nitrogen and oxygen atoms in total. The fraction of sp³-hybridized carbons (Fsp3) is 0.261. The molecule has 1 amide bonds. The van der Waals surface area contributed by atoms with E-state index in [4.69, 9.17) is 17.3 Å². The molecule has 154 valence electrons. The molecule has 2 aromatic carbocycles. The Morgan fingerprint density at radius 3 is 2.53 bits per heavy atom. The molecule has 0 saturated heterocycles. The third-order valence-corrected chi connectivity index (χ3v) is 5.82. The molecule has 0 aliphatic heterocycles. The number of nitrogens with one attached hydrogen (secondary N) is 2. The van der Waals surface area contributed by atoms with Crippen molar-refractivity contribution in [3.63, 3.8) is 0 Å². The zero-order chi connectivity index (χ0) is 21.6. The predicted molar refractivity (Wildman–Crippen MR) is 123 cm³/mol. The molecule has 2 heterocycles. The van der Waals surface area contributed by atoms with Gasteiger partial charge in [0.15, 0.2) is 5.15 Å². The van der Waals surface area contributed by atoms with Crippen LogP contribution in [0.2, 0.25) is 5.15 Å². The maximum atomic E-state index is 12.1. The number of hydrogen-bond donors (Lipinski definition) is 3. The summed E-state index contributed by atoms with van der Waals surface area (Å²) in [5.41, 5.74) is 10.4. The van der Waals surface area contributed by atoms with E-state index in [9.17, 15) is 4.79 Å². The molecule has 0 spiro atoms. The Morgan fingerprint density at radius 1 is 1.13 bits per heavy atom. The molecule has 1 atom stereocenters. The quantitative estimate of drug-likeness (QED) is 0.412. The number of fused-ring (bicyclic) bond motifs is 3. The van der Waals surface area contributed by atoms with Crippen molar-refractivity contribution in [2.24, 2.45) is 11.1 Å². The number of H-pyrrole nitrogens is 1. The van der Waals surface area contributed by atoms with Crippen LogP contribution in [-0.2, 0) is 0 Å². The van der Waals surface area contributed by atoms with Gasteiger partial charge in [0.25, 0.3) is 5.91 Å². The lowest BCUT2D eigenvalue weighted by atomic mass is 9.87. The highest BCUT2D eigenvalue weighted by Gasteiger charge is 2.22. The summed E-state index contributed by atoms with van der Waals surface area (Å²) < 4.78 is 0. The number of amides is 1. The van der Waals surface area contributed by atoms with E-state index in [-0.39, 0.29) is 11.5 Å². The van der Waals surface area contributed by atoms with Crippen LogP contribution >= 0.6 is 11.6 Å². The Bertz CT molecular complexity index is 1250. The normalized spacial score (nSPS) is 13.0. The van der Waals surface area contributed by atoms with Crippen molar-refractivity contribution in [1.29, 1.82) is 0 Å². The van der Waals surface area contributed by atoms with Crippen LogP contribution in [0.4, 0.5) is 5.69 Å². The van der Waals surface area contributed by atoms with Gasteiger partial charge in [0.2, 0.25) is 0 Å². The van der Waals surface area contributed by atoms with Gasteiger partial charge in [0, 0.05) is 33.6 Å². The Hall–Kier alpha value is -3.12. The average molecular weight is 422 g/mol. The van der Waals surface area contributed by atoms with Crippen molar-refractivity contribution < 1.29 is 4.79 Å². The Balaban J connectivity index is 1.92. The minimum absolute atomic E-state index is 0.0706. The molecule has 30 heavy (non-hydrogen) atoms. The van der Waals surface area contributed by atoms with E-state index in [1.807, 2.05) is 30.3 Å². The molecule has 4 N–H and O–H groups in total. The number of benzene rings is 2. The van der Waals surface area contributed by atoms with E-state index in [1.54, 1.807) is 12.1 Å². The number of aromatic nitrogens is 3. The molecule has 7 heteroatoms. The first-order chi connectivity index (χ1) is 14.1. The summed E-state index contributed by atoms with van der Waals surface area (Å²) in [7, 11) is 0. The maximum absolute atomic E-state index is 12.1. The zero-order valence-corrected chi connectivity index (χ0v) is 18.1. The third-order valence-electron chi connectivity index (χ3n) is 5.62. The summed E-state index contributed by atoms with van der Waals surface area (Å²) >= 11 is 5.86. The van der Waals surface area contributed by atoms with Crippen molar-refractivity contribution in [1.82, 2.24) is 15.2 Å². The van der Waals surface area contributed by atoms with Crippen LogP contribution < -0.4 is 11.1 Å². The highest BCUT2D eigenvalue weighted by atomic mass is 35.5. The summed E-state index contributed by atoms with van der Waals surface area (Å²) in [5.74, 6) is -0.467. The van der Waals surface area contributed by atoms with Gasteiger partial charge in [-0.1, -0.05) is 44.5 Å². The topological polar surface area (TPSA) is 96.7 Å². The van der Waals surface area contributed by atoms with Crippen LogP contribution in [-0.4, -0.2) is 27.1 Å². The van der Waals surface area contributed by atoms with Gasteiger partial charge in [0.1, 0.15) is 0 Å². The molecule has 0 saturated carbocycles. The number of nitrogens with zero attached hydrogens (tertiary/aromatic N) is 2. The number of rotatable bonds is 4. The molecule has 2 aromatic heterocycles. The molecule has 0 unspecified atom stereocenters. The van der Waals surface area contributed by atoms with E-state index < -0.39 is 5.91 Å². The molecule has 0 aliphatic carbocycles. The molecular formula is C23H24ClN5O. The Labute approximate surface area is 179 Å². The van der Waals surface area contributed by atoms with Crippen molar-refractivity contribution in [3.05, 3.63) is 53.2 Å². The van der Waals surface area contributed by atoms with Crippen molar-refractivity contribution >= 4 is 45.0 Å². The van der Waals surface area contributed by atoms with Crippen LogP contribution in [0.15, 0.2) is 42.5 Å². The van der Waals surface area contributed by atoms with Gasteiger partial charge in [-0.15, -0.1) is 10.2 Å². The molecule has 0 bridgehead atoms. The first kappa shape index (κ1) is 20.2. The van der Waals surface area contributed by atoms with Gasteiger partial charge >= 0.3 is 0 Å². The fourth-order valence-corrected chi connectivity index (χ4v) is 3.52. The number of anilines is 1. The SMILES string of the molecule is C[C@H](Nc1ccc(C(N)=O)c2[nH]c3cc(-c4ccc(Cl)nn4)ccc3c12)C(C)(C)C. The molecule has 0 aliphatic rings. The standard InChI is InChI=1S/C23H24ClN5O/c1-12(23(2,3)4)26-17-8-7-15(22(25)30)21-20(17)14-6-5-13(11-18(14)27-21)16-9-10-19(24)29-28-16/h5-12,26-27H,1-4H3,(H2,25,30)/t12-/m0/s1. The summed E-state index contributed by atoms with van der Waals surface area (Å²) in [6.45, 7) is 8.72. The number of hydrogen-bond acceptors (Lipinski definition) is 4. The van der Waals surface area contributed by atoms with E-state index in [2.05, 4.69) is 48.2 Å². The Morgan fingerprint density at radius 2 is 1.90 bits per heavy atom. The first-order valence-corrected chi connectivity index (χ1v) is 10.2. The first-order valence-electron chi connectivity index (χ1n) is 9.79. The summed E-state index contributed by atoms with van der Waals surface area (Å²) in [5, 5.41) is 14.0. The minimum atomic E-state index is -0.467. The average Bonchev–Trinajstić information content (AvgIpc) is 3.06. The van der Waals surface area contributed by atoms with Gasteiger partial charge in [-0.05, 0) is 42.7 Å². The number of primary amides is 1. The zero-order valence-electron chi connectivity index (χ0n) is 17.4. The van der Waals surface area contributed by atoms with Crippen molar-refractivity contribution in [3.8, 4) is 11.3 Å². The van der Waals surface area contributed by atoms with Gasteiger partial charge in [0.05, 0.1) is 16.8 Å². The number of aromatic amines is 1. The van der Waals surface area contributed by atoms with Gasteiger partial charge in [-0.3, -0.25) is 4.79 Å². The second-order valence-corrected chi connectivity index (χ2v) is 9.02. The minimum Gasteiger partial charge on any atom is -0.381 e. The summed E-state index contributed by atoms with van der Waals surface area (Å²) in [6.07, 6.45) is 0. The number of carbonyl (C=O) groups excluding carboxylic acids is 1. The van der Waals surface area contributed by atoms with E-state index in [0.717, 1.165) is 38.8 Å². The highest BCUT2D eigenvalue weighted by Crippen LogP contribution is 2.37. The van der Waals surface area contributed by atoms with Gasteiger partial charge < -0.3 is 16.0 Å². The second kappa shape index (κ2) is 7.29. The van der Waals surface area contributed by atoms with Gasteiger partial charge in [-0.25, -0.2) is 0 Å². The maximum Gasteiger partial charge on any atom is 0.250 e. The van der Waals surface area contributed by atoms with Crippen LogP contribution in [0, 0.1) is 5.41 Å². The smallest absolute Gasteiger partial charge is 0.250 e. The van der Waals surface area contributed by atoms with Crippen molar-refractivity contribution in [2.75, 3.05) is 5.32 Å². The van der Waals surface area contributed by atoms with E-state index >= 15 is 0 Å². The van der Waals surface area contributed by atoms with Crippen molar-refractivity contribution in [2.45, 2.75) is 33.7 Å². The van der Waals surface area contributed by atoms with E-state index in [1.165, 1.54) is 0 Å². The van der Waals surface area contributed by atoms with Crippen LogP contribution in [0.5, 0.6) is 0 Å². The predicted octanol–water partition coefficient (Wildman–Crippen LogP) is 5.38. The van der Waals surface area contributed by atoms with Crippen LogP contribution in [0.1, 0.15) is 38.1 Å². The lowest BCUT2D eigenvalue weighted by molar-refractivity contribution is 0.100. The van der Waals surface area contributed by atoms with E-state index in [0.29, 0.717) is 10.7 Å². The highest BCUT2D eigenvalue weighted by molar-refractivity contribution is 6.29. The number of nitrogens with two attached hydrogens (primary N) is 1.